The summed E-state index contributed by atoms with van der Waals surface area (Å²) in [6.07, 6.45) is 8.16. The summed E-state index contributed by atoms with van der Waals surface area (Å²) in [5.41, 5.74) is 5.26. The molecule has 2 aromatic heterocycles. The quantitative estimate of drug-likeness (QED) is 0.410. The SMILES string of the molecule is CC(C)OC(=O)Nc1ccc(-c2c(C#N)c3ccc(-n4ccnc4)cc3n2C2CCC2)cc1. The molecule has 0 atom stereocenters. The highest BCUT2D eigenvalue weighted by molar-refractivity contribution is 5.96. The molecule has 1 N–H and O–H groups in total. The number of carbonyl (C=O) groups is 1. The van der Waals surface area contributed by atoms with Gasteiger partial charge in [-0.2, -0.15) is 5.26 Å². The summed E-state index contributed by atoms with van der Waals surface area (Å²) in [4.78, 5) is 16.1. The van der Waals surface area contributed by atoms with E-state index in [9.17, 15) is 10.1 Å². The maximum absolute atomic E-state index is 11.9. The fourth-order valence-electron chi connectivity index (χ4n) is 4.37. The molecule has 166 valence electrons. The number of anilines is 1. The summed E-state index contributed by atoms with van der Waals surface area (Å²) < 4.78 is 9.46. The highest BCUT2D eigenvalue weighted by Crippen LogP contribution is 2.43. The largest absolute Gasteiger partial charge is 0.447 e. The molecular weight excluding hydrogens is 414 g/mol. The molecule has 0 saturated heterocycles. The lowest BCUT2D eigenvalue weighted by molar-refractivity contribution is 0.130. The van der Waals surface area contributed by atoms with Gasteiger partial charge in [-0.1, -0.05) is 12.1 Å². The molecule has 1 aliphatic rings. The normalized spacial score (nSPS) is 13.6. The van der Waals surface area contributed by atoms with E-state index in [1.165, 1.54) is 6.42 Å². The van der Waals surface area contributed by atoms with Crippen LogP contribution in [0.5, 0.6) is 0 Å². The molecule has 7 heteroatoms. The van der Waals surface area contributed by atoms with Crippen molar-refractivity contribution in [1.29, 1.82) is 5.26 Å². The van der Waals surface area contributed by atoms with Crippen LogP contribution >= 0.6 is 0 Å². The Kier molecular flexibility index (Phi) is 5.35. The van der Waals surface area contributed by atoms with Gasteiger partial charge < -0.3 is 13.9 Å². The van der Waals surface area contributed by atoms with Crippen LogP contribution in [0, 0.1) is 11.3 Å². The molecule has 1 saturated carbocycles. The van der Waals surface area contributed by atoms with Gasteiger partial charge in [-0.15, -0.1) is 0 Å². The maximum Gasteiger partial charge on any atom is 0.411 e. The van der Waals surface area contributed by atoms with Gasteiger partial charge in [0.1, 0.15) is 6.07 Å². The van der Waals surface area contributed by atoms with E-state index in [0.29, 0.717) is 17.3 Å². The van der Waals surface area contributed by atoms with Gasteiger partial charge in [0.25, 0.3) is 0 Å². The number of ether oxygens (including phenoxy) is 1. The van der Waals surface area contributed by atoms with Crippen LogP contribution in [0.1, 0.15) is 44.7 Å². The first-order valence-electron chi connectivity index (χ1n) is 11.2. The van der Waals surface area contributed by atoms with Crippen LogP contribution in [0.4, 0.5) is 10.5 Å². The molecule has 0 unspecified atom stereocenters. The van der Waals surface area contributed by atoms with Crippen LogP contribution in [0.3, 0.4) is 0 Å². The minimum absolute atomic E-state index is 0.187. The third-order valence-corrected chi connectivity index (χ3v) is 6.09. The molecular formula is C26H25N5O2. The van der Waals surface area contributed by atoms with E-state index < -0.39 is 6.09 Å². The molecule has 1 amide bonds. The highest BCUT2D eigenvalue weighted by Gasteiger charge is 2.28. The number of nitriles is 1. The smallest absolute Gasteiger partial charge is 0.411 e. The monoisotopic (exact) mass is 439 g/mol. The second-order valence-electron chi connectivity index (χ2n) is 8.62. The van der Waals surface area contributed by atoms with Crippen molar-refractivity contribution in [3.05, 3.63) is 66.7 Å². The summed E-state index contributed by atoms with van der Waals surface area (Å²) >= 11 is 0. The molecule has 33 heavy (non-hydrogen) atoms. The Balaban J connectivity index is 1.60. The van der Waals surface area contributed by atoms with Crippen LogP contribution in [0.15, 0.2) is 61.2 Å². The Morgan fingerprint density at radius 2 is 2.00 bits per heavy atom. The van der Waals surface area contributed by atoms with E-state index in [1.54, 1.807) is 12.5 Å². The van der Waals surface area contributed by atoms with E-state index in [-0.39, 0.29) is 6.10 Å². The van der Waals surface area contributed by atoms with Crippen LogP contribution in [-0.4, -0.2) is 26.3 Å². The topological polar surface area (TPSA) is 84.9 Å². The first-order chi connectivity index (χ1) is 16.0. The molecule has 4 aromatic rings. The van der Waals surface area contributed by atoms with E-state index in [1.807, 2.05) is 61.0 Å². The third-order valence-electron chi connectivity index (χ3n) is 6.09. The Morgan fingerprint density at radius 1 is 1.21 bits per heavy atom. The van der Waals surface area contributed by atoms with E-state index in [0.717, 1.165) is 40.7 Å². The van der Waals surface area contributed by atoms with Gasteiger partial charge in [0.15, 0.2) is 0 Å². The van der Waals surface area contributed by atoms with E-state index >= 15 is 0 Å². The van der Waals surface area contributed by atoms with Crippen molar-refractivity contribution in [3.63, 3.8) is 0 Å². The number of hydrogen-bond acceptors (Lipinski definition) is 4. The summed E-state index contributed by atoms with van der Waals surface area (Å²) in [5, 5.41) is 13.8. The molecule has 1 aliphatic carbocycles. The van der Waals surface area contributed by atoms with Gasteiger partial charge in [-0.25, -0.2) is 9.78 Å². The molecule has 5 rings (SSSR count). The number of fused-ring (bicyclic) bond motifs is 1. The van der Waals surface area contributed by atoms with Gasteiger partial charge >= 0.3 is 6.09 Å². The lowest BCUT2D eigenvalue weighted by atomic mass is 9.92. The van der Waals surface area contributed by atoms with Crippen LogP contribution < -0.4 is 5.32 Å². The number of rotatable bonds is 5. The summed E-state index contributed by atoms with van der Waals surface area (Å²) in [6.45, 7) is 3.62. The fraction of sp³-hybridized carbons (Fsp3) is 0.269. The van der Waals surface area contributed by atoms with Crippen LogP contribution in [0.25, 0.3) is 27.8 Å². The van der Waals surface area contributed by atoms with Gasteiger partial charge in [-0.3, -0.25) is 5.32 Å². The zero-order valence-corrected chi connectivity index (χ0v) is 18.7. The molecule has 0 aliphatic heterocycles. The number of aromatic nitrogens is 3. The number of amides is 1. The Morgan fingerprint density at radius 3 is 2.61 bits per heavy atom. The standard InChI is InChI=1S/C26H25N5O2/c1-17(2)33-26(32)29-19-8-6-18(7-9-19)25-23(15-27)22-11-10-21(30-13-12-28-16-30)14-24(22)31(25)20-4-3-5-20/h6-14,16-17,20H,3-5H2,1-2H3,(H,29,32). The Hall–Kier alpha value is -4.05. The minimum atomic E-state index is -0.480. The molecule has 2 heterocycles. The number of imidazole rings is 1. The second kappa shape index (κ2) is 8.47. The predicted molar refractivity (Wildman–Crippen MR) is 127 cm³/mol. The second-order valence-corrected chi connectivity index (χ2v) is 8.62. The average Bonchev–Trinajstić information content (AvgIpc) is 3.39. The fourth-order valence-corrected chi connectivity index (χ4v) is 4.37. The first kappa shape index (κ1) is 20.8. The maximum atomic E-state index is 11.9. The van der Waals surface area contributed by atoms with E-state index in [2.05, 4.69) is 27.0 Å². The number of benzene rings is 2. The van der Waals surface area contributed by atoms with Crippen LogP contribution in [-0.2, 0) is 4.74 Å². The molecule has 1 fully saturated rings. The number of hydrogen-bond donors (Lipinski definition) is 1. The Bertz CT molecular complexity index is 1340. The molecule has 0 bridgehead atoms. The zero-order valence-electron chi connectivity index (χ0n) is 18.7. The number of nitrogens with one attached hydrogen (secondary N) is 1. The van der Waals surface area contributed by atoms with Crippen molar-refractivity contribution in [2.24, 2.45) is 0 Å². The predicted octanol–water partition coefficient (Wildman–Crippen LogP) is 6.05. The molecule has 0 radical (unpaired) electrons. The molecule has 0 spiro atoms. The van der Waals surface area contributed by atoms with Crippen LogP contribution in [0.2, 0.25) is 0 Å². The van der Waals surface area contributed by atoms with Gasteiger partial charge in [-0.05, 0) is 69.0 Å². The summed E-state index contributed by atoms with van der Waals surface area (Å²) in [6, 6.07) is 16.6. The molecule has 7 nitrogen and oxygen atoms in total. The van der Waals surface area contributed by atoms with Crippen molar-refractivity contribution in [1.82, 2.24) is 14.1 Å². The number of nitrogens with zero attached hydrogens (tertiary/aromatic N) is 4. The van der Waals surface area contributed by atoms with Crippen molar-refractivity contribution < 1.29 is 9.53 Å². The van der Waals surface area contributed by atoms with Crippen molar-refractivity contribution in [3.8, 4) is 23.0 Å². The first-order valence-corrected chi connectivity index (χ1v) is 11.2. The number of carbonyl (C=O) groups excluding carboxylic acids is 1. The van der Waals surface area contributed by atoms with E-state index in [4.69, 9.17) is 4.74 Å². The summed E-state index contributed by atoms with van der Waals surface area (Å²) in [5.74, 6) is 0. The van der Waals surface area contributed by atoms with Gasteiger partial charge in [0, 0.05) is 35.2 Å². The lowest BCUT2D eigenvalue weighted by Gasteiger charge is -2.30. The minimum Gasteiger partial charge on any atom is -0.447 e. The highest BCUT2D eigenvalue weighted by atomic mass is 16.6. The van der Waals surface area contributed by atoms with Crippen molar-refractivity contribution in [2.75, 3.05) is 5.32 Å². The molecule has 2 aromatic carbocycles. The Labute approximate surface area is 192 Å². The average molecular weight is 440 g/mol. The zero-order chi connectivity index (χ0) is 22.9. The summed E-state index contributed by atoms with van der Waals surface area (Å²) in [7, 11) is 0. The lowest BCUT2D eigenvalue weighted by Crippen LogP contribution is -2.18. The van der Waals surface area contributed by atoms with Crippen molar-refractivity contribution >= 4 is 22.7 Å². The van der Waals surface area contributed by atoms with Crippen molar-refractivity contribution in [2.45, 2.75) is 45.3 Å². The third kappa shape index (κ3) is 3.85. The van der Waals surface area contributed by atoms with Gasteiger partial charge in [0.2, 0.25) is 0 Å². The van der Waals surface area contributed by atoms with Gasteiger partial charge in [0.05, 0.1) is 29.2 Å².